The summed E-state index contributed by atoms with van der Waals surface area (Å²) in [6, 6.07) is 0. The number of rotatable bonds is 1. The van der Waals surface area contributed by atoms with Gasteiger partial charge in [-0.15, -0.1) is 0 Å². The summed E-state index contributed by atoms with van der Waals surface area (Å²) >= 11 is 0. The summed E-state index contributed by atoms with van der Waals surface area (Å²) in [4.78, 5) is 13.5. The van der Waals surface area contributed by atoms with Crippen molar-refractivity contribution >= 4 is 6.09 Å². The lowest BCUT2D eigenvalue weighted by molar-refractivity contribution is 0.0193. The third-order valence-electron chi connectivity index (χ3n) is 2.66. The van der Waals surface area contributed by atoms with Crippen LogP contribution in [0.15, 0.2) is 0 Å². The maximum absolute atomic E-state index is 11.7. The molecule has 0 aliphatic carbocycles. The quantitative estimate of drug-likeness (QED) is 0.669. The summed E-state index contributed by atoms with van der Waals surface area (Å²) in [5, 5.41) is 0. The van der Waals surface area contributed by atoms with E-state index >= 15 is 0 Å². The number of piperidine rings is 1. The van der Waals surface area contributed by atoms with Gasteiger partial charge in [0.2, 0.25) is 0 Å². The molecule has 1 amide bonds. The second-order valence-electron chi connectivity index (χ2n) is 5.14. The zero-order valence-electron chi connectivity index (χ0n) is 10.2. The first kappa shape index (κ1) is 12.3. The van der Waals surface area contributed by atoms with Crippen molar-refractivity contribution in [1.82, 2.24) is 4.90 Å². The molecule has 87 valence electrons. The Morgan fingerprint density at radius 2 is 1.87 bits per heavy atom. The van der Waals surface area contributed by atoms with Gasteiger partial charge in [-0.3, -0.25) is 0 Å². The van der Waals surface area contributed by atoms with E-state index in [2.05, 4.69) is 13.3 Å². The van der Waals surface area contributed by atoms with Crippen LogP contribution < -0.4 is 0 Å². The van der Waals surface area contributed by atoms with Crippen molar-refractivity contribution in [3.63, 3.8) is 0 Å². The monoisotopic (exact) mass is 212 g/mol. The molecule has 0 aromatic carbocycles. The van der Waals surface area contributed by atoms with E-state index in [0.717, 1.165) is 25.9 Å². The van der Waals surface area contributed by atoms with Gasteiger partial charge in [-0.25, -0.2) is 4.79 Å². The average Bonchev–Trinajstić information content (AvgIpc) is 2.15. The lowest BCUT2D eigenvalue weighted by atomic mass is 9.95. The maximum Gasteiger partial charge on any atom is 0.410 e. The Hall–Kier alpha value is -0.730. The molecule has 1 fully saturated rings. The molecule has 1 aliphatic rings. The highest BCUT2D eigenvalue weighted by Gasteiger charge is 2.25. The number of likely N-dealkylation sites (tertiary alicyclic amines) is 1. The van der Waals surface area contributed by atoms with Gasteiger partial charge >= 0.3 is 6.09 Å². The van der Waals surface area contributed by atoms with Gasteiger partial charge in [0, 0.05) is 13.1 Å². The van der Waals surface area contributed by atoms with Crippen molar-refractivity contribution in [3.05, 3.63) is 6.42 Å². The average molecular weight is 212 g/mol. The normalized spacial score (nSPS) is 19.1. The van der Waals surface area contributed by atoms with E-state index in [1.165, 1.54) is 0 Å². The summed E-state index contributed by atoms with van der Waals surface area (Å²) in [7, 11) is 0. The number of amides is 1. The Balaban J connectivity index is 2.37. The van der Waals surface area contributed by atoms with E-state index in [0.29, 0.717) is 5.92 Å². The van der Waals surface area contributed by atoms with Crippen LogP contribution in [-0.2, 0) is 4.74 Å². The van der Waals surface area contributed by atoms with Crippen molar-refractivity contribution in [1.29, 1.82) is 0 Å². The van der Waals surface area contributed by atoms with Crippen LogP contribution in [0.25, 0.3) is 0 Å². The van der Waals surface area contributed by atoms with Gasteiger partial charge < -0.3 is 9.64 Å². The molecular formula is C12H22NO2. The molecule has 0 N–H and O–H groups in total. The van der Waals surface area contributed by atoms with Crippen LogP contribution in [0.1, 0.15) is 40.5 Å². The van der Waals surface area contributed by atoms with Crippen LogP contribution >= 0.6 is 0 Å². The summed E-state index contributed by atoms with van der Waals surface area (Å²) in [6.45, 7) is 9.44. The van der Waals surface area contributed by atoms with E-state index in [-0.39, 0.29) is 11.7 Å². The third-order valence-corrected chi connectivity index (χ3v) is 2.66. The van der Waals surface area contributed by atoms with Gasteiger partial charge in [-0.1, -0.05) is 6.92 Å². The molecule has 1 rings (SSSR count). The standard InChI is InChI=1S/C12H22NO2/c1-5-10-6-8-13(9-7-10)11(14)15-12(2,3)4/h5,10H,6-9H2,1-4H3. The molecule has 0 aromatic rings. The predicted molar refractivity (Wildman–Crippen MR) is 60.5 cm³/mol. The van der Waals surface area contributed by atoms with E-state index in [1.54, 1.807) is 0 Å². The van der Waals surface area contributed by atoms with Crippen LogP contribution in [0.5, 0.6) is 0 Å². The topological polar surface area (TPSA) is 29.5 Å². The van der Waals surface area contributed by atoms with Gasteiger partial charge in [0.1, 0.15) is 5.60 Å². The third kappa shape index (κ3) is 4.10. The number of nitrogens with zero attached hydrogens (tertiary/aromatic N) is 1. The molecule has 1 aliphatic heterocycles. The highest BCUT2D eigenvalue weighted by atomic mass is 16.6. The summed E-state index contributed by atoms with van der Waals surface area (Å²) in [5.41, 5.74) is -0.384. The molecule has 3 nitrogen and oxygen atoms in total. The number of carbonyl (C=O) groups excluding carboxylic acids is 1. The molecule has 0 aromatic heterocycles. The molecular weight excluding hydrogens is 190 g/mol. The van der Waals surface area contributed by atoms with Crippen molar-refractivity contribution < 1.29 is 9.53 Å². The highest BCUT2D eigenvalue weighted by molar-refractivity contribution is 5.68. The molecule has 0 spiro atoms. The zero-order valence-corrected chi connectivity index (χ0v) is 10.2. The smallest absolute Gasteiger partial charge is 0.410 e. The van der Waals surface area contributed by atoms with Crippen molar-refractivity contribution in [2.24, 2.45) is 5.92 Å². The molecule has 0 unspecified atom stereocenters. The molecule has 1 radical (unpaired) electrons. The van der Waals surface area contributed by atoms with Gasteiger partial charge in [-0.2, -0.15) is 0 Å². The summed E-state index contributed by atoms with van der Waals surface area (Å²) in [5.74, 6) is 0.670. The van der Waals surface area contributed by atoms with Crippen molar-refractivity contribution in [2.75, 3.05) is 13.1 Å². The Morgan fingerprint density at radius 3 is 2.27 bits per heavy atom. The Kier molecular flexibility index (Phi) is 4.00. The van der Waals surface area contributed by atoms with Crippen LogP contribution in [0.4, 0.5) is 4.79 Å². The fourth-order valence-corrected chi connectivity index (χ4v) is 1.74. The lowest BCUT2D eigenvalue weighted by Gasteiger charge is -2.33. The van der Waals surface area contributed by atoms with Gasteiger partial charge in [0.05, 0.1) is 0 Å². The zero-order chi connectivity index (χ0) is 11.5. The number of hydrogen-bond acceptors (Lipinski definition) is 2. The maximum atomic E-state index is 11.7. The SMILES string of the molecule is C[CH]C1CCN(C(=O)OC(C)(C)C)CC1. The molecule has 15 heavy (non-hydrogen) atoms. The summed E-state index contributed by atoms with van der Waals surface area (Å²) < 4.78 is 5.32. The lowest BCUT2D eigenvalue weighted by Crippen LogP contribution is -2.41. The second kappa shape index (κ2) is 4.86. The van der Waals surface area contributed by atoms with E-state index in [9.17, 15) is 4.79 Å². The summed E-state index contributed by atoms with van der Waals surface area (Å²) in [6.07, 6.45) is 4.19. The van der Waals surface area contributed by atoms with E-state index < -0.39 is 0 Å². The minimum atomic E-state index is -0.384. The predicted octanol–water partition coefficient (Wildman–Crippen LogP) is 2.86. The van der Waals surface area contributed by atoms with Crippen molar-refractivity contribution in [2.45, 2.75) is 46.1 Å². The van der Waals surface area contributed by atoms with Gasteiger partial charge in [0.15, 0.2) is 0 Å². The second-order valence-corrected chi connectivity index (χ2v) is 5.14. The molecule has 0 bridgehead atoms. The Morgan fingerprint density at radius 1 is 1.33 bits per heavy atom. The molecule has 1 saturated heterocycles. The molecule has 0 saturated carbocycles. The fourth-order valence-electron chi connectivity index (χ4n) is 1.74. The number of carbonyl (C=O) groups is 1. The van der Waals surface area contributed by atoms with Crippen LogP contribution in [0.2, 0.25) is 0 Å². The number of hydrogen-bond donors (Lipinski definition) is 0. The number of ether oxygens (including phenoxy) is 1. The molecule has 3 heteroatoms. The first-order valence-electron chi connectivity index (χ1n) is 5.70. The first-order chi connectivity index (χ1) is 6.92. The van der Waals surface area contributed by atoms with Crippen LogP contribution in [-0.4, -0.2) is 29.7 Å². The minimum Gasteiger partial charge on any atom is -0.444 e. The Labute approximate surface area is 92.8 Å². The van der Waals surface area contributed by atoms with Gasteiger partial charge in [0.25, 0.3) is 0 Å². The minimum absolute atomic E-state index is 0.169. The fraction of sp³-hybridized carbons (Fsp3) is 0.833. The molecule has 1 heterocycles. The Bertz CT molecular complexity index is 212. The molecule has 0 atom stereocenters. The highest BCUT2D eigenvalue weighted by Crippen LogP contribution is 2.20. The van der Waals surface area contributed by atoms with Crippen LogP contribution in [0.3, 0.4) is 0 Å². The van der Waals surface area contributed by atoms with Crippen LogP contribution in [0, 0.1) is 12.3 Å². The van der Waals surface area contributed by atoms with E-state index in [4.69, 9.17) is 4.74 Å². The van der Waals surface area contributed by atoms with Gasteiger partial charge in [-0.05, 0) is 46.0 Å². The first-order valence-corrected chi connectivity index (χ1v) is 5.70. The van der Waals surface area contributed by atoms with Crippen molar-refractivity contribution in [3.8, 4) is 0 Å². The largest absolute Gasteiger partial charge is 0.444 e. The van der Waals surface area contributed by atoms with E-state index in [1.807, 2.05) is 25.7 Å².